The molecule has 0 radical (unpaired) electrons. The maximum atomic E-state index is 13.6. The molecule has 1 aliphatic carbocycles. The number of nitrogens with zero attached hydrogens (tertiary/aromatic N) is 1. The van der Waals surface area contributed by atoms with E-state index in [0.717, 1.165) is 31.2 Å². The normalized spacial score (nSPS) is 23.0. The third-order valence-corrected chi connectivity index (χ3v) is 6.66. The molecule has 0 spiro atoms. The first-order chi connectivity index (χ1) is 14.5. The van der Waals surface area contributed by atoms with Crippen LogP contribution in [-0.2, 0) is 4.79 Å². The highest BCUT2D eigenvalue weighted by atomic mass is 35.5. The summed E-state index contributed by atoms with van der Waals surface area (Å²) in [5, 5.41) is 3.59. The Morgan fingerprint density at radius 2 is 1.90 bits per heavy atom. The van der Waals surface area contributed by atoms with Crippen molar-refractivity contribution in [1.29, 1.82) is 0 Å². The summed E-state index contributed by atoms with van der Waals surface area (Å²) < 4.78 is 5.42. The van der Waals surface area contributed by atoms with Crippen molar-refractivity contribution in [2.45, 2.75) is 51.1 Å². The van der Waals surface area contributed by atoms with E-state index in [1.54, 1.807) is 31.4 Å². The van der Waals surface area contributed by atoms with Crippen LogP contribution in [0.15, 0.2) is 42.5 Å². The number of rotatable bonds is 4. The third-order valence-electron chi connectivity index (χ3n) is 6.42. The molecule has 1 heterocycles. The van der Waals surface area contributed by atoms with E-state index < -0.39 is 6.04 Å². The molecule has 0 aromatic heterocycles. The number of para-hydroxylation sites is 1. The van der Waals surface area contributed by atoms with Crippen molar-refractivity contribution in [3.8, 4) is 5.75 Å². The van der Waals surface area contributed by atoms with Crippen molar-refractivity contribution in [2.24, 2.45) is 5.92 Å². The van der Waals surface area contributed by atoms with Crippen LogP contribution in [0, 0.1) is 12.8 Å². The number of halogens is 1. The summed E-state index contributed by atoms with van der Waals surface area (Å²) in [7, 11) is 1.56. The number of likely N-dealkylation sites (tertiary alicyclic amines) is 1. The Balaban J connectivity index is 1.65. The maximum absolute atomic E-state index is 13.6. The van der Waals surface area contributed by atoms with Crippen molar-refractivity contribution in [3.05, 3.63) is 58.6 Å². The van der Waals surface area contributed by atoms with Crippen molar-refractivity contribution in [3.63, 3.8) is 0 Å². The Bertz CT molecular complexity index is 961. The van der Waals surface area contributed by atoms with Crippen molar-refractivity contribution < 1.29 is 14.3 Å². The molecule has 3 atom stereocenters. The molecule has 6 heteroatoms. The van der Waals surface area contributed by atoms with Crippen LogP contribution in [0.3, 0.4) is 0 Å². The molecular weight excluding hydrogens is 400 g/mol. The zero-order valence-electron chi connectivity index (χ0n) is 17.4. The first kappa shape index (κ1) is 20.7. The van der Waals surface area contributed by atoms with Gasteiger partial charge in [0.1, 0.15) is 11.8 Å². The highest BCUT2D eigenvalue weighted by Gasteiger charge is 2.48. The number of hydrogen-bond acceptors (Lipinski definition) is 3. The van der Waals surface area contributed by atoms with Gasteiger partial charge in [0.15, 0.2) is 0 Å². The topological polar surface area (TPSA) is 58.6 Å². The number of fused-ring (bicyclic) bond motifs is 1. The van der Waals surface area contributed by atoms with E-state index in [0.29, 0.717) is 34.4 Å². The molecule has 3 unspecified atom stereocenters. The molecule has 2 amide bonds. The molecule has 1 saturated carbocycles. The summed E-state index contributed by atoms with van der Waals surface area (Å²) in [5.41, 5.74) is 2.13. The van der Waals surface area contributed by atoms with Gasteiger partial charge in [-0.2, -0.15) is 0 Å². The second kappa shape index (κ2) is 8.68. The number of aryl methyl sites for hydroxylation is 1. The Morgan fingerprint density at radius 3 is 2.70 bits per heavy atom. The fraction of sp³-hybridized carbons (Fsp3) is 0.417. The molecule has 5 nitrogen and oxygen atoms in total. The van der Waals surface area contributed by atoms with Crippen LogP contribution in [0.4, 0.5) is 5.69 Å². The number of benzene rings is 2. The molecule has 30 heavy (non-hydrogen) atoms. The average molecular weight is 427 g/mol. The van der Waals surface area contributed by atoms with E-state index in [9.17, 15) is 9.59 Å². The van der Waals surface area contributed by atoms with Gasteiger partial charge in [0.05, 0.1) is 12.7 Å². The fourth-order valence-electron chi connectivity index (χ4n) is 4.89. The van der Waals surface area contributed by atoms with Crippen LogP contribution in [0.2, 0.25) is 5.02 Å². The van der Waals surface area contributed by atoms with Crippen LogP contribution in [0.25, 0.3) is 0 Å². The molecule has 1 aliphatic heterocycles. The zero-order chi connectivity index (χ0) is 21.3. The van der Waals surface area contributed by atoms with Gasteiger partial charge in [-0.25, -0.2) is 0 Å². The first-order valence-corrected chi connectivity index (χ1v) is 10.9. The standard InChI is InChI=1S/C24H27ClN2O3/c1-15-11-12-17(25)14-19(15)26-23(28)21-13-16-7-3-5-9-20(16)27(21)24(29)18-8-4-6-10-22(18)30-2/h4,6,8,10-12,14,16,20-21H,3,5,7,9,13H2,1-2H3,(H,26,28). The van der Waals surface area contributed by atoms with Crippen LogP contribution in [0.1, 0.15) is 48.0 Å². The van der Waals surface area contributed by atoms with Crippen molar-refractivity contribution >= 4 is 29.1 Å². The first-order valence-electron chi connectivity index (χ1n) is 10.5. The number of methoxy groups -OCH3 is 1. The number of anilines is 1. The molecule has 2 fully saturated rings. The highest BCUT2D eigenvalue weighted by molar-refractivity contribution is 6.31. The summed E-state index contributed by atoms with van der Waals surface area (Å²) in [6.45, 7) is 1.93. The molecule has 1 N–H and O–H groups in total. The van der Waals surface area contributed by atoms with Crippen LogP contribution >= 0.6 is 11.6 Å². The van der Waals surface area contributed by atoms with E-state index >= 15 is 0 Å². The second-order valence-corrected chi connectivity index (χ2v) is 8.66. The Hall–Kier alpha value is -2.53. The van der Waals surface area contributed by atoms with Crippen molar-refractivity contribution in [2.75, 3.05) is 12.4 Å². The van der Waals surface area contributed by atoms with Gasteiger partial charge in [-0.05, 0) is 61.9 Å². The lowest BCUT2D eigenvalue weighted by Crippen LogP contribution is -2.48. The number of nitrogens with one attached hydrogen (secondary N) is 1. The zero-order valence-corrected chi connectivity index (χ0v) is 18.1. The molecule has 2 aliphatic rings. The number of carbonyl (C=O) groups is 2. The predicted octanol–water partition coefficient (Wildman–Crippen LogP) is 5.07. The third kappa shape index (κ3) is 3.91. The van der Waals surface area contributed by atoms with E-state index in [1.165, 1.54) is 0 Å². The van der Waals surface area contributed by atoms with Crippen molar-refractivity contribution in [1.82, 2.24) is 4.90 Å². The summed E-state index contributed by atoms with van der Waals surface area (Å²) in [6, 6.07) is 12.2. The minimum atomic E-state index is -0.506. The lowest BCUT2D eigenvalue weighted by molar-refractivity contribution is -0.120. The monoisotopic (exact) mass is 426 g/mol. The largest absolute Gasteiger partial charge is 0.496 e. The van der Waals surface area contributed by atoms with Crippen LogP contribution in [-0.4, -0.2) is 35.9 Å². The molecule has 2 aromatic carbocycles. The molecular formula is C24H27ClN2O3. The number of amides is 2. The predicted molar refractivity (Wildman–Crippen MR) is 118 cm³/mol. The summed E-state index contributed by atoms with van der Waals surface area (Å²) in [5.74, 6) is 0.600. The van der Waals surface area contributed by atoms with E-state index in [1.807, 2.05) is 30.0 Å². The Kier molecular flexibility index (Phi) is 6.00. The summed E-state index contributed by atoms with van der Waals surface area (Å²) in [4.78, 5) is 28.8. The second-order valence-electron chi connectivity index (χ2n) is 8.22. The van der Waals surface area contributed by atoms with Gasteiger partial charge in [0, 0.05) is 16.8 Å². The summed E-state index contributed by atoms with van der Waals surface area (Å²) in [6.07, 6.45) is 4.92. The minimum Gasteiger partial charge on any atom is -0.496 e. The molecule has 4 rings (SSSR count). The van der Waals surface area contributed by atoms with E-state index in [4.69, 9.17) is 16.3 Å². The summed E-state index contributed by atoms with van der Waals surface area (Å²) >= 11 is 6.12. The average Bonchev–Trinajstić information content (AvgIpc) is 3.15. The van der Waals surface area contributed by atoms with Gasteiger partial charge in [0.2, 0.25) is 5.91 Å². The van der Waals surface area contributed by atoms with Crippen LogP contribution in [0.5, 0.6) is 5.75 Å². The Morgan fingerprint density at radius 1 is 1.13 bits per heavy atom. The lowest BCUT2D eigenvalue weighted by atomic mass is 9.84. The fourth-order valence-corrected chi connectivity index (χ4v) is 5.06. The quantitative estimate of drug-likeness (QED) is 0.742. The molecule has 158 valence electrons. The van der Waals surface area contributed by atoms with E-state index in [-0.39, 0.29) is 17.9 Å². The van der Waals surface area contributed by atoms with Crippen LogP contribution < -0.4 is 10.1 Å². The van der Waals surface area contributed by atoms with Gasteiger partial charge in [-0.1, -0.05) is 42.6 Å². The van der Waals surface area contributed by atoms with E-state index in [2.05, 4.69) is 5.32 Å². The van der Waals surface area contributed by atoms with Gasteiger partial charge < -0.3 is 15.0 Å². The number of ether oxygens (including phenoxy) is 1. The SMILES string of the molecule is COc1ccccc1C(=O)N1C(C(=O)Nc2cc(Cl)ccc2C)CC2CCCCC21. The maximum Gasteiger partial charge on any atom is 0.258 e. The minimum absolute atomic E-state index is 0.0902. The highest BCUT2D eigenvalue weighted by Crippen LogP contribution is 2.41. The number of carbonyl (C=O) groups excluding carboxylic acids is 2. The molecule has 2 aromatic rings. The smallest absolute Gasteiger partial charge is 0.258 e. The van der Waals surface area contributed by atoms with Gasteiger partial charge >= 0.3 is 0 Å². The Labute approximate surface area is 182 Å². The van der Waals surface area contributed by atoms with Gasteiger partial charge in [0.25, 0.3) is 5.91 Å². The van der Waals surface area contributed by atoms with Gasteiger partial charge in [-0.15, -0.1) is 0 Å². The van der Waals surface area contributed by atoms with Gasteiger partial charge in [-0.3, -0.25) is 9.59 Å². The molecule has 1 saturated heterocycles. The molecule has 0 bridgehead atoms. The lowest BCUT2D eigenvalue weighted by Gasteiger charge is -2.34. The number of hydrogen-bond donors (Lipinski definition) is 1.